The smallest absolute Gasteiger partial charge is 0.320 e. The van der Waals surface area contributed by atoms with Gasteiger partial charge in [-0.25, -0.2) is 0 Å². The van der Waals surface area contributed by atoms with Gasteiger partial charge in [0.15, 0.2) is 0 Å². The normalized spacial score (nSPS) is 11.6. The summed E-state index contributed by atoms with van der Waals surface area (Å²) in [5, 5.41) is 3.57. The topological polar surface area (TPSA) is 29.1 Å². The van der Waals surface area contributed by atoms with Crippen LogP contribution in [0.3, 0.4) is 0 Å². The number of hydrogen-bond donors (Lipinski definition) is 1. The number of nitrogens with one attached hydrogen (secondary N) is 1. The van der Waals surface area contributed by atoms with Gasteiger partial charge < -0.3 is 5.32 Å². The maximum Gasteiger partial charge on any atom is 0.416 e. The molecule has 2 nitrogen and oxygen atoms in total. The van der Waals surface area contributed by atoms with Gasteiger partial charge in [0.1, 0.15) is 0 Å². The van der Waals surface area contributed by atoms with Crippen molar-refractivity contribution in [3.05, 3.63) is 98.9 Å². The lowest BCUT2D eigenvalue weighted by Crippen LogP contribution is -2.14. The van der Waals surface area contributed by atoms with Gasteiger partial charge in [-0.3, -0.25) is 4.79 Å². The Morgan fingerprint density at radius 2 is 1.74 bits per heavy atom. The quantitative estimate of drug-likeness (QED) is 0.332. The van der Waals surface area contributed by atoms with E-state index in [1.54, 1.807) is 0 Å². The number of benzene rings is 3. The predicted octanol–water partition coefficient (Wildman–Crippen LogP) is 7.73. The molecule has 1 amide bonds. The maximum absolute atomic E-state index is 13.1. The number of amides is 1. The Balaban J connectivity index is 1.72. The zero-order chi connectivity index (χ0) is 22.2. The van der Waals surface area contributed by atoms with E-state index in [0.717, 1.165) is 45.0 Å². The Kier molecular flexibility index (Phi) is 5.77. The van der Waals surface area contributed by atoms with Gasteiger partial charge in [0.2, 0.25) is 0 Å². The van der Waals surface area contributed by atoms with Gasteiger partial charge in [0.05, 0.1) is 21.2 Å². The van der Waals surface area contributed by atoms with E-state index in [9.17, 15) is 18.0 Å². The van der Waals surface area contributed by atoms with Crippen LogP contribution in [0.2, 0.25) is 5.02 Å². The highest BCUT2D eigenvalue weighted by molar-refractivity contribution is 7.21. The summed E-state index contributed by atoms with van der Waals surface area (Å²) in [6.45, 7) is 2.00. The van der Waals surface area contributed by atoms with Gasteiger partial charge in [-0.1, -0.05) is 59.6 Å². The Morgan fingerprint density at radius 1 is 1.03 bits per heavy atom. The Bertz CT molecular complexity index is 1260. The molecule has 0 aliphatic heterocycles. The number of fused-ring (bicyclic) bond motifs is 1. The number of carbonyl (C=O) groups is 1. The Hall–Kier alpha value is -2.83. The molecule has 0 aliphatic carbocycles. The van der Waals surface area contributed by atoms with Gasteiger partial charge in [0, 0.05) is 4.70 Å². The van der Waals surface area contributed by atoms with E-state index in [2.05, 4.69) is 5.32 Å². The fourth-order valence-electron chi connectivity index (χ4n) is 3.34. The third-order valence-corrected chi connectivity index (χ3v) is 6.49. The lowest BCUT2D eigenvalue weighted by molar-refractivity contribution is -0.137. The molecule has 4 aromatic rings. The minimum Gasteiger partial charge on any atom is -0.320 e. The molecular formula is C24H17ClF3NOS. The number of hydrogen-bond acceptors (Lipinski definition) is 2. The SMILES string of the molecule is Cc1ccc(Cc2c(C(=O)Nc3cc(C(F)(F)F)ccc3Cl)sc3ccccc23)cc1. The van der Waals surface area contributed by atoms with E-state index in [0.29, 0.717) is 11.3 Å². The van der Waals surface area contributed by atoms with Crippen molar-refractivity contribution in [3.8, 4) is 0 Å². The molecule has 3 aromatic carbocycles. The minimum atomic E-state index is -4.53. The van der Waals surface area contributed by atoms with E-state index >= 15 is 0 Å². The van der Waals surface area contributed by atoms with Crippen molar-refractivity contribution in [2.75, 3.05) is 5.32 Å². The van der Waals surface area contributed by atoms with Gasteiger partial charge in [0.25, 0.3) is 5.91 Å². The first-order valence-electron chi connectivity index (χ1n) is 9.46. The summed E-state index contributed by atoms with van der Waals surface area (Å²) in [6.07, 6.45) is -4.00. The lowest BCUT2D eigenvalue weighted by Gasteiger charge is -2.12. The molecule has 158 valence electrons. The summed E-state index contributed by atoms with van der Waals surface area (Å²) in [4.78, 5) is 13.6. The van der Waals surface area contributed by atoms with E-state index in [1.807, 2.05) is 55.5 Å². The van der Waals surface area contributed by atoms with Crippen LogP contribution in [0, 0.1) is 6.92 Å². The largest absolute Gasteiger partial charge is 0.416 e. The van der Waals surface area contributed by atoms with Crippen molar-refractivity contribution in [1.29, 1.82) is 0 Å². The summed E-state index contributed by atoms with van der Waals surface area (Å²) in [5.41, 5.74) is 2.07. The van der Waals surface area contributed by atoms with Crippen molar-refractivity contribution in [1.82, 2.24) is 0 Å². The van der Waals surface area contributed by atoms with Crippen LogP contribution < -0.4 is 5.32 Å². The molecule has 0 spiro atoms. The van der Waals surface area contributed by atoms with Crippen molar-refractivity contribution >= 4 is 44.6 Å². The molecule has 0 fully saturated rings. The number of carbonyl (C=O) groups excluding carboxylic acids is 1. The van der Waals surface area contributed by atoms with Crippen molar-refractivity contribution < 1.29 is 18.0 Å². The number of anilines is 1. The Labute approximate surface area is 186 Å². The van der Waals surface area contributed by atoms with Gasteiger partial charge in [-0.2, -0.15) is 13.2 Å². The molecule has 0 radical (unpaired) electrons. The predicted molar refractivity (Wildman–Crippen MR) is 120 cm³/mol. The third-order valence-electron chi connectivity index (χ3n) is 4.95. The van der Waals surface area contributed by atoms with Crippen molar-refractivity contribution in [2.24, 2.45) is 0 Å². The van der Waals surface area contributed by atoms with E-state index in [-0.39, 0.29) is 10.7 Å². The molecule has 4 rings (SSSR count). The van der Waals surface area contributed by atoms with E-state index in [1.165, 1.54) is 11.3 Å². The number of alkyl halides is 3. The number of halogens is 4. The van der Waals surface area contributed by atoms with Gasteiger partial charge in [-0.15, -0.1) is 11.3 Å². The van der Waals surface area contributed by atoms with Crippen LogP contribution in [0.5, 0.6) is 0 Å². The zero-order valence-electron chi connectivity index (χ0n) is 16.4. The minimum absolute atomic E-state index is 0.0440. The highest BCUT2D eigenvalue weighted by Crippen LogP contribution is 2.36. The summed E-state index contributed by atoms with van der Waals surface area (Å²) in [5.74, 6) is -0.482. The molecule has 0 aliphatic rings. The Morgan fingerprint density at radius 3 is 2.45 bits per heavy atom. The average Bonchev–Trinajstić information content (AvgIpc) is 3.09. The van der Waals surface area contributed by atoms with Crippen LogP contribution in [0.4, 0.5) is 18.9 Å². The summed E-state index contributed by atoms with van der Waals surface area (Å²) >= 11 is 7.37. The monoisotopic (exact) mass is 459 g/mol. The van der Waals surface area contributed by atoms with Crippen LogP contribution >= 0.6 is 22.9 Å². The van der Waals surface area contributed by atoms with Crippen LogP contribution in [-0.2, 0) is 12.6 Å². The van der Waals surface area contributed by atoms with Crippen LogP contribution in [0.15, 0.2) is 66.7 Å². The molecule has 1 aromatic heterocycles. The van der Waals surface area contributed by atoms with Crippen molar-refractivity contribution in [2.45, 2.75) is 19.5 Å². The number of rotatable bonds is 4. The second-order valence-electron chi connectivity index (χ2n) is 7.21. The summed E-state index contributed by atoms with van der Waals surface area (Å²) in [6, 6.07) is 18.6. The fourth-order valence-corrected chi connectivity index (χ4v) is 4.63. The molecule has 1 heterocycles. The molecule has 1 N–H and O–H groups in total. The van der Waals surface area contributed by atoms with Crippen molar-refractivity contribution in [3.63, 3.8) is 0 Å². The first-order chi connectivity index (χ1) is 14.7. The van der Waals surface area contributed by atoms with Crippen LogP contribution in [-0.4, -0.2) is 5.91 Å². The lowest BCUT2D eigenvalue weighted by atomic mass is 10.0. The highest BCUT2D eigenvalue weighted by Gasteiger charge is 2.31. The first kappa shape index (κ1) is 21.4. The zero-order valence-corrected chi connectivity index (χ0v) is 18.0. The van der Waals surface area contributed by atoms with E-state index < -0.39 is 17.6 Å². The van der Waals surface area contributed by atoms with Crippen LogP contribution in [0.1, 0.15) is 31.9 Å². The fraction of sp³-hybridized carbons (Fsp3) is 0.125. The van der Waals surface area contributed by atoms with Gasteiger partial charge in [-0.05, 0) is 54.1 Å². The second-order valence-corrected chi connectivity index (χ2v) is 8.67. The number of thiophene rings is 1. The summed E-state index contributed by atoms with van der Waals surface area (Å²) < 4.78 is 40.2. The van der Waals surface area contributed by atoms with Crippen LogP contribution in [0.25, 0.3) is 10.1 Å². The molecule has 31 heavy (non-hydrogen) atoms. The highest BCUT2D eigenvalue weighted by atomic mass is 35.5. The molecule has 0 unspecified atom stereocenters. The molecule has 7 heteroatoms. The van der Waals surface area contributed by atoms with E-state index in [4.69, 9.17) is 11.6 Å². The average molecular weight is 460 g/mol. The molecular weight excluding hydrogens is 443 g/mol. The van der Waals surface area contributed by atoms with Gasteiger partial charge >= 0.3 is 6.18 Å². The standard InChI is InChI=1S/C24H17ClF3NOS/c1-14-6-8-15(9-7-14)12-18-17-4-2-3-5-21(17)31-22(18)23(30)29-20-13-16(24(26,27)28)10-11-19(20)25/h2-11,13H,12H2,1H3,(H,29,30). The molecule has 0 bridgehead atoms. The first-order valence-corrected chi connectivity index (χ1v) is 10.7. The summed E-state index contributed by atoms with van der Waals surface area (Å²) in [7, 11) is 0. The second kappa shape index (κ2) is 8.36. The molecule has 0 saturated carbocycles. The maximum atomic E-state index is 13.1. The molecule has 0 saturated heterocycles. The third kappa shape index (κ3) is 4.60. The molecule has 0 atom stereocenters. The number of aryl methyl sites for hydroxylation is 1.